The molecule has 0 fully saturated rings. The first-order chi connectivity index (χ1) is 12.0. The minimum atomic E-state index is -4.35. The molecule has 1 heterocycles. The van der Waals surface area contributed by atoms with Crippen molar-refractivity contribution in [2.45, 2.75) is 12.6 Å². The van der Waals surface area contributed by atoms with Crippen LogP contribution in [0.4, 0.5) is 13.2 Å². The van der Waals surface area contributed by atoms with Gasteiger partial charge in [0.05, 0.1) is 18.4 Å². The van der Waals surface area contributed by atoms with Gasteiger partial charge in [-0.3, -0.25) is 4.99 Å². The Balaban J connectivity index is 1.74. The number of nitrogens with zero attached hydrogens (tertiary/aromatic N) is 1. The molecular weight excluding hydrogens is 327 g/mol. The Morgan fingerprint density at radius 1 is 1.04 bits per heavy atom. The first-order valence-corrected chi connectivity index (χ1v) is 7.73. The van der Waals surface area contributed by atoms with Crippen LogP contribution in [0.3, 0.4) is 0 Å². The Morgan fingerprint density at radius 2 is 1.80 bits per heavy atom. The smallest absolute Gasteiger partial charge is 0.416 e. The average molecular weight is 343 g/mol. The molecule has 0 saturated heterocycles. The van der Waals surface area contributed by atoms with E-state index in [4.69, 9.17) is 4.74 Å². The Kier molecular flexibility index (Phi) is 4.74. The van der Waals surface area contributed by atoms with Crippen molar-refractivity contribution in [3.05, 3.63) is 77.4 Å². The number of rotatable bonds is 4. The summed E-state index contributed by atoms with van der Waals surface area (Å²) in [5.74, 6) is 0.781. The third-order valence-electron chi connectivity index (χ3n) is 3.84. The van der Waals surface area contributed by atoms with Gasteiger partial charge >= 0.3 is 6.18 Å². The maximum Gasteiger partial charge on any atom is 0.416 e. The van der Waals surface area contributed by atoms with Gasteiger partial charge in [-0.05, 0) is 35.9 Å². The van der Waals surface area contributed by atoms with Crippen LogP contribution in [0.2, 0.25) is 0 Å². The van der Waals surface area contributed by atoms with Gasteiger partial charge in [0, 0.05) is 17.7 Å². The zero-order valence-corrected chi connectivity index (χ0v) is 13.5. The maximum absolute atomic E-state index is 12.8. The molecule has 1 aliphatic heterocycles. The first-order valence-electron chi connectivity index (χ1n) is 7.73. The standard InChI is InChI=1S/C20H16F3NO/c1-25-18-10-6-14(7-11-18)5-8-17-9-12-19(24-17)15-3-2-4-16(13-15)20(21,22)23/h2-8,10-13H,9H2,1H3/b8-5+. The largest absolute Gasteiger partial charge is 0.497 e. The normalized spacial score (nSPS) is 14.6. The second-order valence-electron chi connectivity index (χ2n) is 5.58. The summed E-state index contributed by atoms with van der Waals surface area (Å²) < 4.78 is 43.6. The number of allylic oxidation sites excluding steroid dienone is 2. The molecule has 1 aliphatic rings. The summed E-state index contributed by atoms with van der Waals surface area (Å²) in [5, 5.41) is 0. The van der Waals surface area contributed by atoms with Gasteiger partial charge in [-0.15, -0.1) is 0 Å². The van der Waals surface area contributed by atoms with Crippen LogP contribution in [0, 0.1) is 0 Å². The van der Waals surface area contributed by atoms with E-state index in [0.29, 0.717) is 17.7 Å². The zero-order valence-electron chi connectivity index (χ0n) is 13.5. The highest BCUT2D eigenvalue weighted by Gasteiger charge is 2.30. The van der Waals surface area contributed by atoms with E-state index in [1.165, 1.54) is 6.07 Å². The van der Waals surface area contributed by atoms with Gasteiger partial charge in [0.1, 0.15) is 5.75 Å². The van der Waals surface area contributed by atoms with Crippen LogP contribution in [0.15, 0.2) is 65.7 Å². The third-order valence-corrected chi connectivity index (χ3v) is 3.84. The highest BCUT2D eigenvalue weighted by atomic mass is 19.4. The van der Waals surface area contributed by atoms with Crippen molar-refractivity contribution in [2.75, 3.05) is 7.11 Å². The number of halogens is 3. The average Bonchev–Trinajstić information content (AvgIpc) is 3.09. The number of methoxy groups -OCH3 is 1. The molecule has 2 aromatic rings. The van der Waals surface area contributed by atoms with Crippen molar-refractivity contribution in [3.8, 4) is 5.75 Å². The molecule has 0 atom stereocenters. The second-order valence-corrected chi connectivity index (χ2v) is 5.58. The van der Waals surface area contributed by atoms with Crippen LogP contribution in [-0.2, 0) is 6.18 Å². The molecule has 2 aromatic carbocycles. The number of hydrogen-bond donors (Lipinski definition) is 0. The molecule has 0 bridgehead atoms. The lowest BCUT2D eigenvalue weighted by atomic mass is 10.1. The molecule has 0 aliphatic carbocycles. The van der Waals surface area contributed by atoms with E-state index < -0.39 is 11.7 Å². The Hall–Kier alpha value is -2.82. The number of ether oxygens (including phenoxy) is 1. The van der Waals surface area contributed by atoms with Crippen molar-refractivity contribution in [1.29, 1.82) is 0 Å². The molecule has 0 saturated carbocycles. The van der Waals surface area contributed by atoms with Gasteiger partial charge in [0.25, 0.3) is 0 Å². The van der Waals surface area contributed by atoms with Crippen LogP contribution in [0.1, 0.15) is 23.1 Å². The summed E-state index contributed by atoms with van der Waals surface area (Å²) in [7, 11) is 1.61. The molecule has 3 rings (SSSR count). The summed E-state index contributed by atoms with van der Waals surface area (Å²) in [6, 6.07) is 12.8. The van der Waals surface area contributed by atoms with Crippen LogP contribution >= 0.6 is 0 Å². The van der Waals surface area contributed by atoms with Crippen molar-refractivity contribution in [1.82, 2.24) is 0 Å². The Labute approximate surface area is 144 Å². The predicted molar refractivity (Wildman–Crippen MR) is 93.5 cm³/mol. The van der Waals surface area contributed by atoms with E-state index in [1.54, 1.807) is 13.2 Å². The molecule has 0 radical (unpaired) electrons. The monoisotopic (exact) mass is 343 g/mol. The minimum Gasteiger partial charge on any atom is -0.497 e. The van der Waals surface area contributed by atoms with E-state index >= 15 is 0 Å². The quantitative estimate of drug-likeness (QED) is 0.707. The summed E-state index contributed by atoms with van der Waals surface area (Å²) >= 11 is 0. The lowest BCUT2D eigenvalue weighted by Gasteiger charge is -2.08. The molecule has 5 heteroatoms. The lowest BCUT2D eigenvalue weighted by molar-refractivity contribution is -0.137. The summed E-state index contributed by atoms with van der Waals surface area (Å²) in [4.78, 5) is 4.43. The fourth-order valence-corrected chi connectivity index (χ4v) is 2.50. The molecule has 0 aromatic heterocycles. The van der Waals surface area contributed by atoms with Crippen LogP contribution in [-0.4, -0.2) is 12.8 Å². The molecule has 0 unspecified atom stereocenters. The first kappa shape index (κ1) is 17.0. The molecule has 0 amide bonds. The maximum atomic E-state index is 12.8. The minimum absolute atomic E-state index is 0.475. The van der Waals surface area contributed by atoms with E-state index in [9.17, 15) is 13.2 Å². The van der Waals surface area contributed by atoms with Gasteiger partial charge in [0.2, 0.25) is 0 Å². The van der Waals surface area contributed by atoms with E-state index in [0.717, 1.165) is 29.2 Å². The van der Waals surface area contributed by atoms with Gasteiger partial charge in [-0.2, -0.15) is 13.2 Å². The molecule has 0 N–H and O–H groups in total. The SMILES string of the molecule is COc1ccc(/C=C/C2=NC(c3cccc(C(F)(F)F)c3)=CC2)cc1. The second kappa shape index (κ2) is 6.97. The Bertz CT molecular complexity index is 846. The predicted octanol–water partition coefficient (Wildman–Crippen LogP) is 5.61. The highest BCUT2D eigenvalue weighted by Crippen LogP contribution is 2.32. The topological polar surface area (TPSA) is 21.6 Å². The number of alkyl halides is 3. The zero-order chi connectivity index (χ0) is 17.9. The highest BCUT2D eigenvalue weighted by molar-refractivity contribution is 6.05. The van der Waals surface area contributed by atoms with E-state index in [-0.39, 0.29) is 0 Å². The summed E-state index contributed by atoms with van der Waals surface area (Å²) in [6.07, 6.45) is 1.87. The number of benzene rings is 2. The number of aliphatic imine (C=N–C) groups is 1. The Morgan fingerprint density at radius 3 is 2.48 bits per heavy atom. The van der Waals surface area contributed by atoms with E-state index in [2.05, 4.69) is 4.99 Å². The van der Waals surface area contributed by atoms with Crippen LogP contribution < -0.4 is 4.74 Å². The van der Waals surface area contributed by atoms with Gasteiger partial charge in [0.15, 0.2) is 0 Å². The van der Waals surface area contributed by atoms with Gasteiger partial charge in [-0.1, -0.05) is 36.4 Å². The van der Waals surface area contributed by atoms with Crippen molar-refractivity contribution in [2.24, 2.45) is 4.99 Å². The number of hydrogen-bond acceptors (Lipinski definition) is 2. The summed E-state index contributed by atoms with van der Waals surface area (Å²) in [6.45, 7) is 0. The molecule has 25 heavy (non-hydrogen) atoms. The lowest BCUT2D eigenvalue weighted by Crippen LogP contribution is -2.04. The van der Waals surface area contributed by atoms with Crippen molar-refractivity contribution < 1.29 is 17.9 Å². The van der Waals surface area contributed by atoms with Crippen LogP contribution in [0.25, 0.3) is 11.8 Å². The van der Waals surface area contributed by atoms with Crippen molar-refractivity contribution in [3.63, 3.8) is 0 Å². The van der Waals surface area contributed by atoms with Crippen molar-refractivity contribution >= 4 is 17.5 Å². The summed E-state index contributed by atoms with van der Waals surface area (Å²) in [5.41, 5.74) is 2.19. The molecular formula is C20H16F3NO. The third kappa shape index (κ3) is 4.18. The fraction of sp³-hybridized carbons (Fsp3) is 0.150. The fourth-order valence-electron chi connectivity index (χ4n) is 2.50. The van der Waals surface area contributed by atoms with Gasteiger partial charge in [-0.25, -0.2) is 0 Å². The molecule has 0 spiro atoms. The van der Waals surface area contributed by atoms with Gasteiger partial charge < -0.3 is 4.74 Å². The van der Waals surface area contributed by atoms with Crippen LogP contribution in [0.5, 0.6) is 5.75 Å². The molecule has 2 nitrogen and oxygen atoms in total. The van der Waals surface area contributed by atoms with E-state index in [1.807, 2.05) is 42.5 Å². The molecule has 128 valence electrons.